The average Bonchev–Trinajstić information content (AvgIpc) is 2.27. The van der Waals surface area contributed by atoms with Crippen molar-refractivity contribution in [2.75, 3.05) is 7.11 Å². The van der Waals surface area contributed by atoms with Gasteiger partial charge in [-0.2, -0.15) is 0 Å². The van der Waals surface area contributed by atoms with Gasteiger partial charge in [-0.05, 0) is 5.56 Å². The van der Waals surface area contributed by atoms with E-state index in [0.29, 0.717) is 0 Å². The Balaban J connectivity index is 2.75. The molecule has 2 unspecified atom stereocenters. The van der Waals surface area contributed by atoms with Gasteiger partial charge in [0.15, 0.2) is 0 Å². The van der Waals surface area contributed by atoms with Crippen LogP contribution >= 0.6 is 0 Å². The maximum absolute atomic E-state index is 13.4. The first-order chi connectivity index (χ1) is 6.66. The average molecular weight is 196 g/mol. The van der Waals surface area contributed by atoms with Crippen LogP contribution < -0.4 is 0 Å². The van der Waals surface area contributed by atoms with E-state index in [9.17, 15) is 9.18 Å². The number of esters is 1. The van der Waals surface area contributed by atoms with Gasteiger partial charge in [0.1, 0.15) is 0 Å². The molecule has 0 bridgehead atoms. The molecule has 0 N–H and O–H groups in total. The van der Waals surface area contributed by atoms with Crippen molar-refractivity contribution in [2.24, 2.45) is 0 Å². The van der Waals surface area contributed by atoms with E-state index < -0.39 is 18.1 Å². The first kappa shape index (κ1) is 10.7. The van der Waals surface area contributed by atoms with E-state index in [2.05, 4.69) is 4.74 Å². The van der Waals surface area contributed by atoms with Crippen LogP contribution in [0.15, 0.2) is 30.3 Å². The highest BCUT2D eigenvalue weighted by Crippen LogP contribution is 2.21. The van der Waals surface area contributed by atoms with E-state index in [-0.39, 0.29) is 0 Å². The summed E-state index contributed by atoms with van der Waals surface area (Å²) < 4.78 is 17.7. The topological polar surface area (TPSA) is 26.3 Å². The number of hydrogen-bond donors (Lipinski definition) is 0. The fourth-order valence-corrected chi connectivity index (χ4v) is 1.24. The van der Waals surface area contributed by atoms with Crippen LogP contribution in [0, 0.1) is 0 Å². The Bertz CT molecular complexity index is 297. The summed E-state index contributed by atoms with van der Waals surface area (Å²) >= 11 is 0. The Hall–Kier alpha value is -1.38. The van der Waals surface area contributed by atoms with Gasteiger partial charge in [0.2, 0.25) is 6.17 Å². The van der Waals surface area contributed by atoms with Gasteiger partial charge in [-0.3, -0.25) is 0 Å². The number of hydrogen-bond acceptors (Lipinski definition) is 2. The van der Waals surface area contributed by atoms with Gasteiger partial charge < -0.3 is 4.74 Å². The van der Waals surface area contributed by atoms with Crippen LogP contribution in [0.1, 0.15) is 18.4 Å². The largest absolute Gasteiger partial charge is 0.467 e. The zero-order chi connectivity index (χ0) is 10.6. The van der Waals surface area contributed by atoms with Crippen LogP contribution in [-0.4, -0.2) is 19.3 Å². The monoisotopic (exact) mass is 196 g/mol. The number of methoxy groups -OCH3 is 1. The minimum absolute atomic E-state index is 0.469. The highest BCUT2D eigenvalue weighted by atomic mass is 19.1. The molecule has 1 rings (SSSR count). The molecule has 1 aromatic rings. The van der Waals surface area contributed by atoms with Gasteiger partial charge in [0.05, 0.1) is 7.11 Å². The van der Waals surface area contributed by atoms with Gasteiger partial charge in [-0.15, -0.1) is 0 Å². The number of halogens is 1. The van der Waals surface area contributed by atoms with E-state index >= 15 is 0 Å². The second-order valence-corrected chi connectivity index (χ2v) is 3.12. The summed E-state index contributed by atoms with van der Waals surface area (Å²) in [4.78, 5) is 10.9. The van der Waals surface area contributed by atoms with Crippen molar-refractivity contribution in [3.63, 3.8) is 0 Å². The van der Waals surface area contributed by atoms with Crippen molar-refractivity contribution in [1.29, 1.82) is 0 Å². The molecule has 0 saturated carbocycles. The normalized spacial score (nSPS) is 14.5. The molecule has 0 saturated heterocycles. The smallest absolute Gasteiger partial charge is 0.341 e. The second kappa shape index (κ2) is 4.74. The van der Waals surface area contributed by atoms with Crippen LogP contribution in [-0.2, 0) is 9.53 Å². The lowest BCUT2D eigenvalue weighted by Gasteiger charge is -2.14. The lowest BCUT2D eigenvalue weighted by Crippen LogP contribution is -2.23. The summed E-state index contributed by atoms with van der Waals surface area (Å²) in [6.45, 7) is 1.66. The molecular formula is C11H13FO2. The van der Waals surface area contributed by atoms with Crippen molar-refractivity contribution < 1.29 is 13.9 Å². The predicted octanol–water partition coefficient (Wildman–Crippen LogP) is 2.30. The van der Waals surface area contributed by atoms with Crippen LogP contribution in [0.5, 0.6) is 0 Å². The molecule has 0 fully saturated rings. The third-order valence-corrected chi connectivity index (χ3v) is 2.19. The predicted molar refractivity (Wildman–Crippen MR) is 51.8 cm³/mol. The molecular weight excluding hydrogens is 183 g/mol. The molecule has 0 radical (unpaired) electrons. The van der Waals surface area contributed by atoms with Crippen molar-refractivity contribution in [3.05, 3.63) is 35.9 Å². The maximum atomic E-state index is 13.4. The molecule has 0 aliphatic heterocycles. The summed E-state index contributed by atoms with van der Waals surface area (Å²) in [5.74, 6) is -1.29. The van der Waals surface area contributed by atoms with Crippen LogP contribution in [0.25, 0.3) is 0 Å². The quantitative estimate of drug-likeness (QED) is 0.693. The zero-order valence-electron chi connectivity index (χ0n) is 8.24. The molecule has 0 amide bonds. The number of rotatable bonds is 3. The summed E-state index contributed by atoms with van der Waals surface area (Å²) in [7, 11) is 1.19. The van der Waals surface area contributed by atoms with Crippen molar-refractivity contribution >= 4 is 5.97 Å². The number of alkyl halides is 1. The van der Waals surface area contributed by atoms with Crippen LogP contribution in [0.2, 0.25) is 0 Å². The minimum atomic E-state index is -1.60. The highest BCUT2D eigenvalue weighted by molar-refractivity contribution is 5.75. The van der Waals surface area contributed by atoms with Crippen molar-refractivity contribution in [1.82, 2.24) is 0 Å². The van der Waals surface area contributed by atoms with Gasteiger partial charge in [0, 0.05) is 5.92 Å². The van der Waals surface area contributed by atoms with E-state index in [0.717, 1.165) is 5.56 Å². The van der Waals surface area contributed by atoms with Gasteiger partial charge in [-0.1, -0.05) is 37.3 Å². The Labute approximate surface area is 82.7 Å². The highest BCUT2D eigenvalue weighted by Gasteiger charge is 2.26. The summed E-state index contributed by atoms with van der Waals surface area (Å²) in [5.41, 5.74) is 0.797. The van der Waals surface area contributed by atoms with Crippen LogP contribution in [0.3, 0.4) is 0 Å². The van der Waals surface area contributed by atoms with Crippen molar-refractivity contribution in [3.8, 4) is 0 Å². The van der Waals surface area contributed by atoms with Gasteiger partial charge in [0.25, 0.3) is 0 Å². The SMILES string of the molecule is COC(=O)C(F)C(C)c1ccccc1. The molecule has 1 aromatic carbocycles. The van der Waals surface area contributed by atoms with E-state index in [1.807, 2.05) is 18.2 Å². The third kappa shape index (κ3) is 2.31. The Morgan fingerprint density at radius 2 is 1.93 bits per heavy atom. The van der Waals surface area contributed by atoms with E-state index in [1.54, 1.807) is 19.1 Å². The minimum Gasteiger partial charge on any atom is -0.467 e. The standard InChI is InChI=1S/C11H13FO2/c1-8(10(12)11(13)14-2)9-6-4-3-5-7-9/h3-8,10H,1-2H3. The number of ether oxygens (including phenoxy) is 1. The molecule has 0 heterocycles. The molecule has 3 heteroatoms. The fourth-order valence-electron chi connectivity index (χ4n) is 1.24. The molecule has 14 heavy (non-hydrogen) atoms. The maximum Gasteiger partial charge on any atom is 0.341 e. The molecule has 2 nitrogen and oxygen atoms in total. The molecule has 0 aromatic heterocycles. The van der Waals surface area contributed by atoms with E-state index in [1.165, 1.54) is 7.11 Å². The van der Waals surface area contributed by atoms with Gasteiger partial charge in [-0.25, -0.2) is 9.18 Å². The molecule has 76 valence electrons. The third-order valence-electron chi connectivity index (χ3n) is 2.19. The van der Waals surface area contributed by atoms with Crippen LogP contribution in [0.4, 0.5) is 4.39 Å². The Kier molecular flexibility index (Phi) is 3.63. The lowest BCUT2D eigenvalue weighted by molar-refractivity contribution is -0.147. The summed E-state index contributed by atoms with van der Waals surface area (Å²) in [6, 6.07) is 9.06. The van der Waals surface area contributed by atoms with Crippen molar-refractivity contribution in [2.45, 2.75) is 19.0 Å². The zero-order valence-corrected chi connectivity index (χ0v) is 8.24. The van der Waals surface area contributed by atoms with Gasteiger partial charge >= 0.3 is 5.97 Å². The molecule has 0 spiro atoms. The molecule has 0 aliphatic carbocycles. The Morgan fingerprint density at radius 3 is 2.43 bits per heavy atom. The lowest BCUT2D eigenvalue weighted by atomic mass is 9.96. The number of benzene rings is 1. The fraction of sp³-hybridized carbons (Fsp3) is 0.364. The first-order valence-electron chi connectivity index (χ1n) is 4.43. The number of carbonyl (C=O) groups excluding carboxylic acids is 1. The number of carbonyl (C=O) groups is 1. The summed E-state index contributed by atoms with van der Waals surface area (Å²) in [6.07, 6.45) is -1.60. The Morgan fingerprint density at radius 1 is 1.36 bits per heavy atom. The van der Waals surface area contributed by atoms with E-state index in [4.69, 9.17) is 0 Å². The molecule has 2 atom stereocenters. The first-order valence-corrected chi connectivity index (χ1v) is 4.43. The summed E-state index contributed by atoms with van der Waals surface area (Å²) in [5, 5.41) is 0. The molecule has 0 aliphatic rings. The second-order valence-electron chi connectivity index (χ2n) is 3.12.